The molecule has 2 bridgehead atoms. The standard InChI is InChI=1S/C18H20O/c1-4-8-14-11-15-16(13-9-6-5-7-10-13)12(2)18(14,3)17(15)19/h4-10,14-16H,2,11H2,1,3H3/b8-4+/t14?,15?,16?,18-/m0/s1. The molecule has 1 aromatic rings. The van der Waals surface area contributed by atoms with E-state index in [2.05, 4.69) is 37.8 Å². The average Bonchev–Trinajstić information content (AvgIpc) is 2.76. The third-order valence-electron chi connectivity index (χ3n) is 5.13. The fourth-order valence-electron chi connectivity index (χ4n) is 4.03. The highest BCUT2D eigenvalue weighted by Crippen LogP contribution is 2.63. The number of Topliss-reactive ketones (excluding diaryl/α,β-unsaturated/α-hetero) is 1. The van der Waals surface area contributed by atoms with Crippen LogP contribution in [-0.4, -0.2) is 5.78 Å². The lowest BCUT2D eigenvalue weighted by molar-refractivity contribution is -0.124. The Kier molecular flexibility index (Phi) is 2.74. The number of ketones is 1. The van der Waals surface area contributed by atoms with E-state index in [1.54, 1.807) is 0 Å². The summed E-state index contributed by atoms with van der Waals surface area (Å²) in [4.78, 5) is 12.7. The Morgan fingerprint density at radius 2 is 2.00 bits per heavy atom. The molecule has 3 rings (SSSR count). The van der Waals surface area contributed by atoms with Gasteiger partial charge in [0.05, 0.1) is 5.41 Å². The minimum absolute atomic E-state index is 0.126. The van der Waals surface area contributed by atoms with Crippen LogP contribution in [0.3, 0.4) is 0 Å². The van der Waals surface area contributed by atoms with E-state index in [0.29, 0.717) is 11.7 Å². The van der Waals surface area contributed by atoms with Gasteiger partial charge in [-0.05, 0) is 31.7 Å². The first kappa shape index (κ1) is 12.4. The maximum Gasteiger partial charge on any atom is 0.147 e. The van der Waals surface area contributed by atoms with Gasteiger partial charge in [0.25, 0.3) is 0 Å². The summed E-state index contributed by atoms with van der Waals surface area (Å²) in [5, 5.41) is 0. The third-order valence-corrected chi connectivity index (χ3v) is 5.13. The van der Waals surface area contributed by atoms with Crippen molar-refractivity contribution < 1.29 is 4.79 Å². The number of fused-ring (bicyclic) bond motifs is 2. The van der Waals surface area contributed by atoms with Crippen molar-refractivity contribution in [2.75, 3.05) is 0 Å². The highest BCUT2D eigenvalue weighted by Gasteiger charge is 2.62. The molecule has 0 heterocycles. The molecule has 0 radical (unpaired) electrons. The van der Waals surface area contributed by atoms with Crippen LogP contribution in [0.4, 0.5) is 0 Å². The summed E-state index contributed by atoms with van der Waals surface area (Å²) in [5.74, 6) is 1.08. The van der Waals surface area contributed by atoms with Crippen molar-refractivity contribution in [1.29, 1.82) is 0 Å². The summed E-state index contributed by atoms with van der Waals surface area (Å²) < 4.78 is 0. The molecule has 3 unspecified atom stereocenters. The maximum atomic E-state index is 12.7. The molecule has 0 aliphatic heterocycles. The van der Waals surface area contributed by atoms with Gasteiger partial charge in [0.2, 0.25) is 0 Å². The normalized spacial score (nSPS) is 37.5. The second kappa shape index (κ2) is 4.19. The molecule has 1 nitrogen and oxygen atoms in total. The van der Waals surface area contributed by atoms with Crippen LogP contribution in [0.2, 0.25) is 0 Å². The molecule has 0 amide bonds. The van der Waals surface area contributed by atoms with Crippen molar-refractivity contribution in [2.45, 2.75) is 26.2 Å². The Hall–Kier alpha value is -1.63. The van der Waals surface area contributed by atoms with Crippen LogP contribution in [0.5, 0.6) is 0 Å². The molecule has 4 atom stereocenters. The number of carbonyl (C=O) groups excluding carboxylic acids is 1. The van der Waals surface area contributed by atoms with Crippen LogP contribution in [0, 0.1) is 17.3 Å². The number of allylic oxidation sites excluding steroid dienone is 3. The van der Waals surface area contributed by atoms with Crippen molar-refractivity contribution >= 4 is 5.78 Å². The first-order valence-corrected chi connectivity index (χ1v) is 7.02. The van der Waals surface area contributed by atoms with Gasteiger partial charge in [-0.25, -0.2) is 0 Å². The number of carbonyl (C=O) groups is 1. The molecule has 2 saturated carbocycles. The van der Waals surface area contributed by atoms with Crippen molar-refractivity contribution in [3.05, 3.63) is 60.2 Å². The third kappa shape index (κ3) is 1.51. The van der Waals surface area contributed by atoms with Gasteiger partial charge in [-0.3, -0.25) is 4.79 Å². The maximum absolute atomic E-state index is 12.7. The molecule has 2 fully saturated rings. The molecule has 0 spiro atoms. The van der Waals surface area contributed by atoms with Crippen molar-refractivity contribution in [3.8, 4) is 0 Å². The molecule has 19 heavy (non-hydrogen) atoms. The molecule has 0 aromatic heterocycles. The van der Waals surface area contributed by atoms with E-state index >= 15 is 0 Å². The first-order chi connectivity index (χ1) is 9.10. The highest BCUT2D eigenvalue weighted by molar-refractivity contribution is 5.97. The summed E-state index contributed by atoms with van der Waals surface area (Å²) in [6.07, 6.45) is 5.22. The smallest absolute Gasteiger partial charge is 0.147 e. The van der Waals surface area contributed by atoms with Gasteiger partial charge in [-0.1, -0.05) is 54.6 Å². The lowest BCUT2D eigenvalue weighted by atomic mass is 9.68. The molecule has 0 N–H and O–H groups in total. The van der Waals surface area contributed by atoms with Crippen molar-refractivity contribution in [1.82, 2.24) is 0 Å². The molecule has 2 aliphatic rings. The van der Waals surface area contributed by atoms with Crippen LogP contribution in [0.1, 0.15) is 31.7 Å². The van der Waals surface area contributed by atoms with Crippen molar-refractivity contribution in [2.24, 2.45) is 17.3 Å². The molecule has 0 saturated heterocycles. The summed E-state index contributed by atoms with van der Waals surface area (Å²) in [5.41, 5.74) is 2.01. The minimum Gasteiger partial charge on any atom is -0.298 e. The van der Waals surface area contributed by atoms with Crippen LogP contribution in [0.25, 0.3) is 0 Å². The molecule has 1 aromatic carbocycles. The fourth-order valence-corrected chi connectivity index (χ4v) is 4.03. The minimum atomic E-state index is -0.350. The largest absolute Gasteiger partial charge is 0.298 e. The lowest BCUT2D eigenvalue weighted by Gasteiger charge is -2.34. The van der Waals surface area contributed by atoms with E-state index in [-0.39, 0.29) is 17.3 Å². The van der Waals surface area contributed by atoms with Crippen LogP contribution in [0.15, 0.2) is 54.6 Å². The van der Waals surface area contributed by atoms with Gasteiger partial charge in [0, 0.05) is 11.8 Å². The van der Waals surface area contributed by atoms with Gasteiger partial charge in [0.15, 0.2) is 0 Å². The number of hydrogen-bond acceptors (Lipinski definition) is 1. The number of benzene rings is 1. The Bertz CT molecular complexity index is 554. The van der Waals surface area contributed by atoms with Gasteiger partial charge >= 0.3 is 0 Å². The van der Waals surface area contributed by atoms with Crippen LogP contribution < -0.4 is 0 Å². The zero-order chi connectivity index (χ0) is 13.6. The molecular weight excluding hydrogens is 232 g/mol. The lowest BCUT2D eigenvalue weighted by Crippen LogP contribution is -2.28. The quantitative estimate of drug-likeness (QED) is 0.723. The SMILES string of the molecule is C=C1C(c2ccccc2)C2CC(/C=C/C)[C@@]1(C)C2=O. The highest BCUT2D eigenvalue weighted by atomic mass is 16.1. The second-order valence-electron chi connectivity index (χ2n) is 5.95. The number of hydrogen-bond donors (Lipinski definition) is 0. The topological polar surface area (TPSA) is 17.1 Å². The van der Waals surface area contributed by atoms with E-state index in [4.69, 9.17) is 0 Å². The first-order valence-electron chi connectivity index (χ1n) is 7.02. The predicted octanol–water partition coefficient (Wildman–Crippen LogP) is 4.13. The fraction of sp³-hybridized carbons (Fsp3) is 0.389. The zero-order valence-corrected chi connectivity index (χ0v) is 11.6. The average molecular weight is 252 g/mol. The Labute approximate surface area is 115 Å². The van der Waals surface area contributed by atoms with Gasteiger partial charge < -0.3 is 0 Å². The zero-order valence-electron chi connectivity index (χ0n) is 11.6. The molecule has 98 valence electrons. The van der Waals surface area contributed by atoms with E-state index in [9.17, 15) is 4.79 Å². The van der Waals surface area contributed by atoms with E-state index in [0.717, 1.165) is 12.0 Å². The van der Waals surface area contributed by atoms with Gasteiger partial charge in [0.1, 0.15) is 5.78 Å². The summed E-state index contributed by atoms with van der Waals surface area (Å²) in [7, 11) is 0. The Balaban J connectivity index is 2.03. The Morgan fingerprint density at radius 1 is 1.32 bits per heavy atom. The van der Waals surface area contributed by atoms with Crippen LogP contribution >= 0.6 is 0 Å². The van der Waals surface area contributed by atoms with E-state index in [1.807, 2.05) is 25.1 Å². The van der Waals surface area contributed by atoms with E-state index in [1.165, 1.54) is 5.56 Å². The van der Waals surface area contributed by atoms with E-state index < -0.39 is 0 Å². The molecule has 1 heteroatoms. The number of rotatable bonds is 2. The van der Waals surface area contributed by atoms with Crippen molar-refractivity contribution in [3.63, 3.8) is 0 Å². The predicted molar refractivity (Wildman–Crippen MR) is 77.8 cm³/mol. The summed E-state index contributed by atoms with van der Waals surface area (Å²) >= 11 is 0. The van der Waals surface area contributed by atoms with Crippen LogP contribution in [-0.2, 0) is 4.79 Å². The summed E-state index contributed by atoms with van der Waals surface area (Å²) in [6.45, 7) is 8.41. The van der Waals surface area contributed by atoms with Gasteiger partial charge in [-0.15, -0.1) is 0 Å². The monoisotopic (exact) mass is 252 g/mol. The molecule has 2 aliphatic carbocycles. The Morgan fingerprint density at radius 3 is 2.58 bits per heavy atom. The second-order valence-corrected chi connectivity index (χ2v) is 5.95. The summed E-state index contributed by atoms with van der Waals surface area (Å²) in [6, 6.07) is 10.4. The van der Waals surface area contributed by atoms with Gasteiger partial charge in [-0.2, -0.15) is 0 Å². The molecular formula is C18H20O.